The Hall–Kier alpha value is -1.64. The van der Waals surface area contributed by atoms with Gasteiger partial charge in [-0.3, -0.25) is 4.31 Å². The summed E-state index contributed by atoms with van der Waals surface area (Å²) in [6, 6.07) is 5.94. The van der Waals surface area contributed by atoms with Crippen molar-refractivity contribution in [3.05, 3.63) is 29.1 Å². The average Bonchev–Trinajstić information content (AvgIpc) is 3.30. The number of thiazole rings is 1. The summed E-state index contributed by atoms with van der Waals surface area (Å²) in [6.07, 6.45) is 5.52. The van der Waals surface area contributed by atoms with Gasteiger partial charge in [-0.05, 0) is 43.4 Å². The van der Waals surface area contributed by atoms with Crippen molar-refractivity contribution in [2.24, 2.45) is 0 Å². The Morgan fingerprint density at radius 1 is 1.38 bits per heavy atom. The molecule has 0 saturated carbocycles. The van der Waals surface area contributed by atoms with Gasteiger partial charge in [0.1, 0.15) is 0 Å². The SMILES string of the molecule is CS(=O)(=O)N1CCCc2cc(-c3csc(NCC4CCCO4)n3)ccc21. The van der Waals surface area contributed by atoms with Gasteiger partial charge in [0.05, 0.1) is 23.7 Å². The number of anilines is 2. The van der Waals surface area contributed by atoms with Crippen molar-refractivity contribution < 1.29 is 13.2 Å². The van der Waals surface area contributed by atoms with E-state index in [0.29, 0.717) is 6.54 Å². The zero-order chi connectivity index (χ0) is 18.1. The standard InChI is InChI=1S/C18H23N3O3S2/c1-26(22,23)21-8-2-4-14-10-13(6-7-17(14)21)16-12-25-18(20-16)19-11-15-5-3-9-24-15/h6-7,10,12,15H,2-5,8-9,11H2,1H3,(H,19,20). The van der Waals surface area contributed by atoms with Crippen LogP contribution in [0.5, 0.6) is 0 Å². The summed E-state index contributed by atoms with van der Waals surface area (Å²) in [5.74, 6) is 0. The zero-order valence-electron chi connectivity index (χ0n) is 14.8. The first-order valence-electron chi connectivity index (χ1n) is 8.93. The summed E-state index contributed by atoms with van der Waals surface area (Å²) >= 11 is 1.59. The second kappa shape index (κ2) is 7.17. The van der Waals surface area contributed by atoms with Crippen LogP contribution in [0.25, 0.3) is 11.3 Å². The highest BCUT2D eigenvalue weighted by Crippen LogP contribution is 2.34. The van der Waals surface area contributed by atoms with Crippen molar-refractivity contribution in [1.82, 2.24) is 4.98 Å². The molecule has 140 valence electrons. The number of aromatic nitrogens is 1. The highest BCUT2D eigenvalue weighted by Gasteiger charge is 2.24. The lowest BCUT2D eigenvalue weighted by molar-refractivity contribution is 0.120. The molecule has 2 aliphatic rings. The maximum absolute atomic E-state index is 12.0. The normalized spacial score (nSPS) is 20.2. The molecule has 1 aromatic heterocycles. The molecule has 0 radical (unpaired) electrons. The number of rotatable bonds is 5. The molecular formula is C18H23N3O3S2. The molecule has 0 bridgehead atoms. The van der Waals surface area contributed by atoms with E-state index in [0.717, 1.165) is 66.5 Å². The maximum Gasteiger partial charge on any atom is 0.232 e. The van der Waals surface area contributed by atoms with E-state index in [1.807, 2.05) is 17.5 Å². The molecule has 1 N–H and O–H groups in total. The van der Waals surface area contributed by atoms with Gasteiger partial charge < -0.3 is 10.1 Å². The third-order valence-corrected chi connectivity index (χ3v) is 6.84. The minimum Gasteiger partial charge on any atom is -0.376 e. The average molecular weight is 394 g/mol. The lowest BCUT2D eigenvalue weighted by Gasteiger charge is -2.29. The number of aryl methyl sites for hydroxylation is 1. The van der Waals surface area contributed by atoms with E-state index in [4.69, 9.17) is 4.74 Å². The quantitative estimate of drug-likeness (QED) is 0.845. The van der Waals surface area contributed by atoms with Crippen LogP contribution in [-0.4, -0.2) is 45.5 Å². The third kappa shape index (κ3) is 3.72. The summed E-state index contributed by atoms with van der Waals surface area (Å²) < 4.78 is 31.1. The highest BCUT2D eigenvalue weighted by molar-refractivity contribution is 7.92. The molecule has 8 heteroatoms. The van der Waals surface area contributed by atoms with Crippen LogP contribution in [0.4, 0.5) is 10.8 Å². The summed E-state index contributed by atoms with van der Waals surface area (Å²) in [4.78, 5) is 4.68. The molecule has 1 aromatic carbocycles. The first-order valence-corrected chi connectivity index (χ1v) is 11.7. The van der Waals surface area contributed by atoms with E-state index < -0.39 is 10.0 Å². The van der Waals surface area contributed by atoms with Gasteiger partial charge in [-0.15, -0.1) is 11.3 Å². The van der Waals surface area contributed by atoms with Gasteiger partial charge in [-0.1, -0.05) is 6.07 Å². The Morgan fingerprint density at radius 3 is 3.04 bits per heavy atom. The van der Waals surface area contributed by atoms with Crippen molar-refractivity contribution in [2.75, 3.05) is 35.6 Å². The Balaban J connectivity index is 1.52. The lowest BCUT2D eigenvalue weighted by Crippen LogP contribution is -2.34. The molecule has 2 aromatic rings. The van der Waals surface area contributed by atoms with E-state index in [-0.39, 0.29) is 6.10 Å². The number of benzene rings is 1. The molecule has 6 nitrogen and oxygen atoms in total. The summed E-state index contributed by atoms with van der Waals surface area (Å²) in [5, 5.41) is 6.29. The van der Waals surface area contributed by atoms with Gasteiger partial charge in [0.15, 0.2) is 5.13 Å². The maximum atomic E-state index is 12.0. The molecule has 1 saturated heterocycles. The number of hydrogen-bond acceptors (Lipinski definition) is 6. The van der Waals surface area contributed by atoms with Gasteiger partial charge in [0.25, 0.3) is 0 Å². The van der Waals surface area contributed by atoms with Crippen molar-refractivity contribution in [3.8, 4) is 11.3 Å². The van der Waals surface area contributed by atoms with E-state index in [1.54, 1.807) is 11.3 Å². The van der Waals surface area contributed by atoms with Gasteiger partial charge >= 0.3 is 0 Å². The van der Waals surface area contributed by atoms with Gasteiger partial charge in [-0.2, -0.15) is 0 Å². The lowest BCUT2D eigenvalue weighted by atomic mass is 10.00. The van der Waals surface area contributed by atoms with E-state index in [2.05, 4.69) is 16.4 Å². The van der Waals surface area contributed by atoms with E-state index >= 15 is 0 Å². The molecule has 0 amide bonds. The molecular weight excluding hydrogens is 370 g/mol. The highest BCUT2D eigenvalue weighted by atomic mass is 32.2. The van der Waals surface area contributed by atoms with Crippen LogP contribution < -0.4 is 9.62 Å². The first-order chi connectivity index (χ1) is 12.5. The fourth-order valence-electron chi connectivity index (χ4n) is 3.56. The second-order valence-corrected chi connectivity index (χ2v) is 9.60. The van der Waals surface area contributed by atoms with Gasteiger partial charge in [-0.25, -0.2) is 13.4 Å². The fraction of sp³-hybridized carbons (Fsp3) is 0.500. The van der Waals surface area contributed by atoms with Crippen molar-refractivity contribution in [3.63, 3.8) is 0 Å². The molecule has 1 fully saturated rings. The van der Waals surface area contributed by atoms with Crippen molar-refractivity contribution in [2.45, 2.75) is 31.8 Å². The molecule has 4 rings (SSSR count). The van der Waals surface area contributed by atoms with Crippen LogP contribution in [0.15, 0.2) is 23.6 Å². The van der Waals surface area contributed by atoms with Crippen LogP contribution in [0, 0.1) is 0 Å². The summed E-state index contributed by atoms with van der Waals surface area (Å²) in [6.45, 7) is 2.20. The Kier molecular flexibility index (Phi) is 4.90. The first kappa shape index (κ1) is 17.8. The smallest absolute Gasteiger partial charge is 0.232 e. The minimum atomic E-state index is -3.23. The Labute approximate surface area is 158 Å². The number of sulfonamides is 1. The number of nitrogens with zero attached hydrogens (tertiary/aromatic N) is 2. The molecule has 2 aliphatic heterocycles. The Bertz CT molecular complexity index is 889. The molecule has 0 spiro atoms. The number of fused-ring (bicyclic) bond motifs is 1. The van der Waals surface area contributed by atoms with Crippen molar-refractivity contribution in [1.29, 1.82) is 0 Å². The zero-order valence-corrected chi connectivity index (χ0v) is 16.4. The van der Waals surface area contributed by atoms with Crippen molar-refractivity contribution >= 4 is 32.2 Å². The minimum absolute atomic E-state index is 0.285. The van der Waals surface area contributed by atoms with Gasteiger partial charge in [0.2, 0.25) is 10.0 Å². The van der Waals surface area contributed by atoms with Crippen LogP contribution >= 0.6 is 11.3 Å². The number of nitrogens with one attached hydrogen (secondary N) is 1. The number of hydrogen-bond donors (Lipinski definition) is 1. The van der Waals surface area contributed by atoms with Crippen LogP contribution in [-0.2, 0) is 21.2 Å². The van der Waals surface area contributed by atoms with E-state index in [9.17, 15) is 8.42 Å². The number of ether oxygens (including phenoxy) is 1. The molecule has 1 unspecified atom stereocenters. The van der Waals surface area contributed by atoms with Gasteiger partial charge in [0, 0.05) is 30.6 Å². The summed E-state index contributed by atoms with van der Waals surface area (Å²) in [7, 11) is -3.23. The molecule has 3 heterocycles. The monoisotopic (exact) mass is 393 g/mol. The van der Waals surface area contributed by atoms with Crippen LogP contribution in [0.2, 0.25) is 0 Å². The van der Waals surface area contributed by atoms with Crippen LogP contribution in [0.1, 0.15) is 24.8 Å². The van der Waals surface area contributed by atoms with Crippen LogP contribution in [0.3, 0.4) is 0 Å². The molecule has 1 atom stereocenters. The Morgan fingerprint density at radius 2 is 2.27 bits per heavy atom. The predicted molar refractivity (Wildman–Crippen MR) is 106 cm³/mol. The predicted octanol–water partition coefficient (Wildman–Crippen LogP) is 3.11. The topological polar surface area (TPSA) is 71.5 Å². The van der Waals surface area contributed by atoms with E-state index in [1.165, 1.54) is 10.6 Å². The third-order valence-electron chi connectivity index (χ3n) is 4.86. The second-order valence-electron chi connectivity index (χ2n) is 6.84. The summed E-state index contributed by atoms with van der Waals surface area (Å²) in [5.41, 5.74) is 3.82. The largest absolute Gasteiger partial charge is 0.376 e. The fourth-order valence-corrected chi connectivity index (χ4v) is 5.29. The molecule has 26 heavy (non-hydrogen) atoms. The molecule has 0 aliphatic carbocycles.